The van der Waals surface area contributed by atoms with Crippen molar-refractivity contribution < 1.29 is 9.47 Å². The normalized spacial score (nSPS) is 12.6. The highest BCUT2D eigenvalue weighted by Crippen LogP contribution is 2.51. The molecule has 0 bridgehead atoms. The van der Waals surface area contributed by atoms with Crippen LogP contribution in [0.25, 0.3) is 49.3 Å². The summed E-state index contributed by atoms with van der Waals surface area (Å²) < 4.78 is 15.1. The zero-order valence-corrected chi connectivity index (χ0v) is 18.1. The lowest BCUT2D eigenvalue weighted by atomic mass is 10.1. The van der Waals surface area contributed by atoms with E-state index < -0.39 is 0 Å². The van der Waals surface area contributed by atoms with E-state index in [9.17, 15) is 0 Å². The van der Waals surface area contributed by atoms with Crippen molar-refractivity contribution in [1.29, 1.82) is 0 Å². The van der Waals surface area contributed by atoms with Gasteiger partial charge in [0.05, 0.1) is 11.0 Å². The predicted octanol–water partition coefficient (Wildman–Crippen LogP) is 8.32. The Morgan fingerprint density at radius 2 is 1.18 bits per heavy atom. The van der Waals surface area contributed by atoms with E-state index in [2.05, 4.69) is 76.3 Å². The number of aromatic nitrogens is 2. The van der Waals surface area contributed by atoms with E-state index in [1.165, 1.54) is 16.2 Å². The number of aromatic amines is 1. The second kappa shape index (κ2) is 6.42. The summed E-state index contributed by atoms with van der Waals surface area (Å²) in [5.74, 6) is 2.91. The lowest BCUT2D eigenvalue weighted by molar-refractivity contribution is 0.362. The Labute approximate surface area is 194 Å². The number of H-pyrrole nitrogens is 1. The summed E-state index contributed by atoms with van der Waals surface area (Å²) in [6, 6.07) is 35.3. The first-order valence-electron chi connectivity index (χ1n) is 11.4. The lowest BCUT2D eigenvalue weighted by Crippen LogP contribution is -2.02. The van der Waals surface area contributed by atoms with Crippen LogP contribution >= 0.6 is 0 Å². The molecule has 0 aliphatic carbocycles. The van der Waals surface area contributed by atoms with Crippen LogP contribution in [-0.2, 0) is 0 Å². The fourth-order valence-corrected chi connectivity index (χ4v) is 5.32. The monoisotopic (exact) mass is 438 g/mol. The molecule has 8 rings (SSSR count). The Hall–Kier alpha value is -4.70. The summed E-state index contributed by atoms with van der Waals surface area (Å²) in [7, 11) is 0. The first-order valence-corrected chi connectivity index (χ1v) is 11.4. The third-order valence-electron chi connectivity index (χ3n) is 6.78. The van der Waals surface area contributed by atoms with Crippen LogP contribution in [0.2, 0.25) is 0 Å². The van der Waals surface area contributed by atoms with E-state index in [4.69, 9.17) is 9.47 Å². The SMILES string of the molecule is c1ccc(-n2c3c4c(ccc3c3ccc5c6ccccc6[nH]c5c32)Oc2ccccc2O4)cc1. The Morgan fingerprint density at radius 3 is 2.06 bits per heavy atom. The molecule has 34 heavy (non-hydrogen) atoms. The largest absolute Gasteiger partial charge is 0.449 e. The van der Waals surface area contributed by atoms with Crippen LogP contribution in [0.3, 0.4) is 0 Å². The molecule has 0 atom stereocenters. The van der Waals surface area contributed by atoms with Gasteiger partial charge in [0.25, 0.3) is 0 Å². The number of nitrogens with zero attached hydrogens (tertiary/aromatic N) is 1. The summed E-state index contributed by atoms with van der Waals surface area (Å²) in [4.78, 5) is 3.69. The highest BCUT2D eigenvalue weighted by Gasteiger charge is 2.26. The average molecular weight is 438 g/mol. The van der Waals surface area contributed by atoms with Crippen LogP contribution in [0.15, 0.2) is 103 Å². The van der Waals surface area contributed by atoms with E-state index in [1.807, 2.05) is 36.4 Å². The van der Waals surface area contributed by atoms with Crippen LogP contribution in [-0.4, -0.2) is 9.55 Å². The molecule has 0 radical (unpaired) electrons. The quantitative estimate of drug-likeness (QED) is 0.280. The van der Waals surface area contributed by atoms with E-state index in [1.54, 1.807) is 0 Å². The van der Waals surface area contributed by atoms with Crippen LogP contribution in [0, 0.1) is 0 Å². The van der Waals surface area contributed by atoms with Crippen molar-refractivity contribution in [2.45, 2.75) is 0 Å². The topological polar surface area (TPSA) is 39.2 Å². The molecule has 4 nitrogen and oxygen atoms in total. The second-order valence-electron chi connectivity index (χ2n) is 8.67. The molecule has 0 fully saturated rings. The predicted molar refractivity (Wildman–Crippen MR) is 137 cm³/mol. The molecule has 160 valence electrons. The van der Waals surface area contributed by atoms with Crippen molar-refractivity contribution in [3.8, 4) is 28.7 Å². The van der Waals surface area contributed by atoms with Gasteiger partial charge < -0.3 is 19.0 Å². The van der Waals surface area contributed by atoms with Gasteiger partial charge in [0, 0.05) is 32.7 Å². The number of ether oxygens (including phenoxy) is 2. The molecule has 3 heterocycles. The molecular formula is C30H18N2O2. The number of hydrogen-bond acceptors (Lipinski definition) is 2. The maximum atomic E-state index is 6.50. The van der Waals surface area contributed by atoms with Gasteiger partial charge in [-0.15, -0.1) is 0 Å². The van der Waals surface area contributed by atoms with Crippen LogP contribution in [0.5, 0.6) is 23.0 Å². The van der Waals surface area contributed by atoms with Crippen molar-refractivity contribution in [3.05, 3.63) is 103 Å². The van der Waals surface area contributed by atoms with Gasteiger partial charge in [0.15, 0.2) is 23.0 Å². The molecule has 1 N–H and O–H groups in total. The Balaban J connectivity index is 1.58. The standard InChI is InChI=1S/C30H18N2O2/c1-2-8-18(9-3-1)32-28-21(15-14-20-19-10-4-5-11-23(19)31-27(20)28)22-16-17-26-30(29(22)32)34-25-13-7-6-12-24(25)33-26/h1-17,31H. The minimum Gasteiger partial charge on any atom is -0.449 e. The molecule has 0 unspecified atom stereocenters. The third kappa shape index (κ3) is 2.27. The molecule has 0 spiro atoms. The van der Waals surface area contributed by atoms with Gasteiger partial charge in [0.1, 0.15) is 5.52 Å². The molecule has 0 saturated carbocycles. The molecule has 1 aliphatic heterocycles. The van der Waals surface area contributed by atoms with Gasteiger partial charge in [-0.05, 0) is 42.5 Å². The average Bonchev–Trinajstić information content (AvgIpc) is 3.44. The summed E-state index contributed by atoms with van der Waals surface area (Å²) in [5, 5.41) is 4.73. The molecule has 1 aliphatic rings. The number of rotatable bonds is 1. The van der Waals surface area contributed by atoms with Crippen molar-refractivity contribution in [1.82, 2.24) is 9.55 Å². The Bertz CT molecular complexity index is 1910. The maximum Gasteiger partial charge on any atom is 0.194 e. The molecule has 2 aromatic heterocycles. The molecular weight excluding hydrogens is 420 g/mol. The first-order chi connectivity index (χ1) is 16.9. The van der Waals surface area contributed by atoms with Crippen LogP contribution < -0.4 is 9.47 Å². The van der Waals surface area contributed by atoms with Crippen LogP contribution in [0.1, 0.15) is 0 Å². The van der Waals surface area contributed by atoms with E-state index in [0.29, 0.717) is 0 Å². The van der Waals surface area contributed by atoms with Gasteiger partial charge in [-0.3, -0.25) is 0 Å². The summed E-state index contributed by atoms with van der Waals surface area (Å²) in [6.07, 6.45) is 0. The van der Waals surface area contributed by atoms with Crippen LogP contribution in [0.4, 0.5) is 0 Å². The fraction of sp³-hybridized carbons (Fsp3) is 0. The van der Waals surface area contributed by atoms with Crippen molar-refractivity contribution in [2.24, 2.45) is 0 Å². The van der Waals surface area contributed by atoms with Crippen molar-refractivity contribution in [2.75, 3.05) is 0 Å². The number of benzene rings is 5. The molecule has 0 saturated heterocycles. The van der Waals surface area contributed by atoms with Crippen molar-refractivity contribution >= 4 is 43.6 Å². The van der Waals surface area contributed by atoms with Gasteiger partial charge in [-0.25, -0.2) is 0 Å². The second-order valence-corrected chi connectivity index (χ2v) is 8.67. The molecule has 5 aromatic carbocycles. The zero-order valence-electron chi connectivity index (χ0n) is 18.1. The van der Waals surface area contributed by atoms with Gasteiger partial charge in [-0.2, -0.15) is 0 Å². The van der Waals surface area contributed by atoms with Crippen molar-refractivity contribution in [3.63, 3.8) is 0 Å². The Kier molecular flexibility index (Phi) is 3.36. The number of hydrogen-bond donors (Lipinski definition) is 1. The summed E-state index contributed by atoms with van der Waals surface area (Å²) in [5.41, 5.74) is 5.45. The number of para-hydroxylation sites is 4. The lowest BCUT2D eigenvalue weighted by Gasteiger charge is -2.22. The smallest absolute Gasteiger partial charge is 0.194 e. The number of nitrogens with one attached hydrogen (secondary N) is 1. The highest BCUT2D eigenvalue weighted by atomic mass is 16.6. The molecule has 7 aromatic rings. The number of fused-ring (bicyclic) bond motifs is 10. The van der Waals surface area contributed by atoms with E-state index >= 15 is 0 Å². The van der Waals surface area contributed by atoms with Gasteiger partial charge >= 0.3 is 0 Å². The maximum absolute atomic E-state index is 6.50. The fourth-order valence-electron chi connectivity index (χ4n) is 5.32. The van der Waals surface area contributed by atoms with Gasteiger partial charge in [0.2, 0.25) is 0 Å². The van der Waals surface area contributed by atoms with Gasteiger partial charge in [-0.1, -0.05) is 60.7 Å². The zero-order chi connectivity index (χ0) is 22.2. The molecule has 4 heteroatoms. The minimum absolute atomic E-state index is 0.721. The third-order valence-corrected chi connectivity index (χ3v) is 6.78. The van der Waals surface area contributed by atoms with E-state index in [0.717, 1.165) is 56.1 Å². The summed E-state index contributed by atoms with van der Waals surface area (Å²) in [6.45, 7) is 0. The van der Waals surface area contributed by atoms with E-state index in [-0.39, 0.29) is 0 Å². The first kappa shape index (κ1) is 17.8. The summed E-state index contributed by atoms with van der Waals surface area (Å²) >= 11 is 0. The Morgan fingerprint density at radius 1 is 0.500 bits per heavy atom. The minimum atomic E-state index is 0.721. The highest BCUT2D eigenvalue weighted by molar-refractivity contribution is 6.23. The molecule has 0 amide bonds.